The molecule has 1 aliphatic rings. The molecule has 8 heteroatoms. The number of aromatic nitrogens is 2. The molecular weight excluding hydrogens is 350 g/mol. The van der Waals surface area contributed by atoms with E-state index in [-0.39, 0.29) is 16.7 Å². The summed E-state index contributed by atoms with van der Waals surface area (Å²) in [5, 5.41) is 9.27. The van der Waals surface area contributed by atoms with Gasteiger partial charge in [0.2, 0.25) is 0 Å². The fourth-order valence-electron chi connectivity index (χ4n) is 2.65. The van der Waals surface area contributed by atoms with E-state index in [1.165, 1.54) is 10.8 Å². The second kappa shape index (κ2) is 6.99. The average Bonchev–Trinajstić information content (AvgIpc) is 2.91. The van der Waals surface area contributed by atoms with Crippen molar-refractivity contribution in [2.45, 2.75) is 70.7 Å². The van der Waals surface area contributed by atoms with Crippen molar-refractivity contribution < 1.29 is 9.16 Å². The van der Waals surface area contributed by atoms with Crippen LogP contribution in [0.4, 0.5) is 0 Å². The fraction of sp³-hybridized carbons (Fsp3) is 0.611. The van der Waals surface area contributed by atoms with Gasteiger partial charge in [-0.15, -0.1) is 0 Å². The number of hydrogen-bond acceptors (Lipinski definition) is 5. The van der Waals surface area contributed by atoms with Crippen LogP contribution in [0, 0.1) is 18.3 Å². The van der Waals surface area contributed by atoms with E-state index in [1.54, 1.807) is 6.92 Å². The molecule has 0 spiro atoms. The van der Waals surface area contributed by atoms with Crippen LogP contribution >= 0.6 is 0 Å². The van der Waals surface area contributed by atoms with E-state index in [2.05, 4.69) is 45.4 Å². The molecule has 1 N–H and O–H groups in total. The monoisotopic (exact) mass is 377 g/mol. The molecular formula is C18H27N3O4Si. The zero-order valence-corrected chi connectivity index (χ0v) is 17.3. The lowest BCUT2D eigenvalue weighted by molar-refractivity contribution is 0.00286. The molecule has 0 aromatic carbocycles. The first-order valence-corrected chi connectivity index (χ1v) is 11.5. The van der Waals surface area contributed by atoms with Gasteiger partial charge < -0.3 is 9.16 Å². The van der Waals surface area contributed by atoms with Crippen LogP contribution in [0.3, 0.4) is 0 Å². The quantitative estimate of drug-likeness (QED) is 0.642. The maximum absolute atomic E-state index is 12.2. The summed E-state index contributed by atoms with van der Waals surface area (Å²) in [5.41, 5.74) is -0.278. The Labute approximate surface area is 154 Å². The van der Waals surface area contributed by atoms with Gasteiger partial charge >= 0.3 is 5.69 Å². The molecule has 1 aromatic rings. The molecule has 1 aromatic heterocycles. The van der Waals surface area contributed by atoms with Gasteiger partial charge in [0.1, 0.15) is 12.3 Å². The second-order valence-electron chi connectivity index (χ2n) is 8.28. The highest BCUT2D eigenvalue weighted by atomic mass is 28.4. The summed E-state index contributed by atoms with van der Waals surface area (Å²) in [7, 11) is -2.11. The second-order valence-corrected chi connectivity index (χ2v) is 13.0. The molecule has 0 bridgehead atoms. The maximum atomic E-state index is 12.2. The van der Waals surface area contributed by atoms with Crippen molar-refractivity contribution in [2.24, 2.45) is 0 Å². The van der Waals surface area contributed by atoms with E-state index in [0.717, 1.165) is 0 Å². The van der Waals surface area contributed by atoms with Crippen molar-refractivity contribution in [1.82, 2.24) is 9.55 Å². The van der Waals surface area contributed by atoms with Gasteiger partial charge in [0.05, 0.1) is 17.7 Å². The summed E-state index contributed by atoms with van der Waals surface area (Å²) in [4.78, 5) is 26.1. The van der Waals surface area contributed by atoms with Crippen LogP contribution in [-0.4, -0.2) is 30.1 Å². The van der Waals surface area contributed by atoms with Crippen LogP contribution in [0.15, 0.2) is 27.9 Å². The van der Waals surface area contributed by atoms with Crippen molar-refractivity contribution in [3.05, 3.63) is 44.8 Å². The van der Waals surface area contributed by atoms with Crippen LogP contribution in [0.2, 0.25) is 18.1 Å². The Morgan fingerprint density at radius 3 is 2.62 bits per heavy atom. The molecule has 0 aliphatic carbocycles. The normalized spacial score (nSPS) is 23.7. The molecule has 142 valence electrons. The van der Waals surface area contributed by atoms with E-state index in [0.29, 0.717) is 12.0 Å². The highest BCUT2D eigenvalue weighted by Gasteiger charge is 2.46. The molecule has 1 saturated heterocycles. The number of aromatic amines is 1. The predicted molar refractivity (Wildman–Crippen MR) is 101 cm³/mol. The summed E-state index contributed by atoms with van der Waals surface area (Å²) in [6.45, 7) is 16.1. The van der Waals surface area contributed by atoms with E-state index in [9.17, 15) is 14.9 Å². The van der Waals surface area contributed by atoms with E-state index >= 15 is 0 Å². The number of nitriles is 1. The minimum atomic E-state index is -2.11. The predicted octanol–water partition coefficient (Wildman–Crippen LogP) is 2.60. The minimum Gasteiger partial charge on any atom is -0.411 e. The van der Waals surface area contributed by atoms with E-state index < -0.39 is 31.9 Å². The third kappa shape index (κ3) is 3.90. The van der Waals surface area contributed by atoms with E-state index in [1.807, 2.05) is 6.07 Å². The molecule has 3 atom stereocenters. The topological polar surface area (TPSA) is 97.1 Å². The SMILES string of the molecule is C=C(C#N)[C@H]1O[C@@H](n2cc(C)c(=O)[nH]c2=O)C[C@@H]1O[Si](C)(C)C(C)(C)C. The van der Waals surface area contributed by atoms with Gasteiger partial charge in [0, 0.05) is 18.2 Å². The van der Waals surface area contributed by atoms with Gasteiger partial charge in [-0.25, -0.2) is 4.79 Å². The Morgan fingerprint density at radius 2 is 2.08 bits per heavy atom. The molecule has 7 nitrogen and oxygen atoms in total. The number of rotatable bonds is 4. The lowest BCUT2D eigenvalue weighted by Gasteiger charge is -2.39. The van der Waals surface area contributed by atoms with E-state index in [4.69, 9.17) is 9.16 Å². The van der Waals surface area contributed by atoms with Crippen LogP contribution < -0.4 is 11.2 Å². The van der Waals surface area contributed by atoms with Gasteiger partial charge in [0.15, 0.2) is 8.32 Å². The molecule has 2 rings (SSSR count). The Kier molecular flexibility index (Phi) is 5.47. The van der Waals surface area contributed by atoms with Crippen molar-refractivity contribution in [3.63, 3.8) is 0 Å². The first-order chi connectivity index (χ1) is 11.9. The molecule has 0 saturated carbocycles. The van der Waals surface area contributed by atoms with Crippen molar-refractivity contribution in [1.29, 1.82) is 5.26 Å². The molecule has 0 unspecified atom stereocenters. The maximum Gasteiger partial charge on any atom is 0.330 e. The molecule has 26 heavy (non-hydrogen) atoms. The number of hydrogen-bond donors (Lipinski definition) is 1. The van der Waals surface area contributed by atoms with Gasteiger partial charge in [-0.2, -0.15) is 5.26 Å². The first-order valence-electron chi connectivity index (χ1n) is 8.61. The Balaban J connectivity index is 2.37. The lowest BCUT2D eigenvalue weighted by atomic mass is 10.1. The van der Waals surface area contributed by atoms with Crippen LogP contribution in [0.1, 0.15) is 39.0 Å². The summed E-state index contributed by atoms with van der Waals surface area (Å²) in [6.07, 6.45) is 0.282. The van der Waals surface area contributed by atoms with Crippen molar-refractivity contribution >= 4 is 8.32 Å². The van der Waals surface area contributed by atoms with Crippen LogP contribution in [-0.2, 0) is 9.16 Å². The summed E-state index contributed by atoms with van der Waals surface area (Å²) in [6, 6.07) is 2.04. The third-order valence-corrected chi connectivity index (χ3v) is 9.78. The van der Waals surface area contributed by atoms with Crippen LogP contribution in [0.25, 0.3) is 0 Å². The summed E-state index contributed by atoms with van der Waals surface area (Å²) >= 11 is 0. The number of aryl methyl sites for hydroxylation is 1. The molecule has 1 aliphatic heterocycles. The number of ether oxygens (including phenoxy) is 1. The number of H-pyrrole nitrogens is 1. The largest absolute Gasteiger partial charge is 0.411 e. The van der Waals surface area contributed by atoms with Crippen molar-refractivity contribution in [2.75, 3.05) is 0 Å². The van der Waals surface area contributed by atoms with Gasteiger partial charge in [-0.1, -0.05) is 27.4 Å². The highest BCUT2D eigenvalue weighted by Crippen LogP contribution is 2.41. The van der Waals surface area contributed by atoms with Crippen LogP contribution in [0.5, 0.6) is 0 Å². The van der Waals surface area contributed by atoms with Gasteiger partial charge in [-0.05, 0) is 25.1 Å². The Morgan fingerprint density at radius 1 is 1.46 bits per heavy atom. The third-order valence-electron chi connectivity index (χ3n) is 5.27. The van der Waals surface area contributed by atoms with Crippen molar-refractivity contribution in [3.8, 4) is 6.07 Å². The summed E-state index contributed by atoms with van der Waals surface area (Å²) in [5.74, 6) is 0. The first kappa shape index (κ1) is 20.4. The van der Waals surface area contributed by atoms with Gasteiger partial charge in [-0.3, -0.25) is 14.3 Å². The molecule has 0 amide bonds. The highest BCUT2D eigenvalue weighted by molar-refractivity contribution is 6.74. The lowest BCUT2D eigenvalue weighted by Crippen LogP contribution is -2.46. The summed E-state index contributed by atoms with van der Waals surface area (Å²) < 4.78 is 13.8. The fourth-order valence-corrected chi connectivity index (χ4v) is 3.98. The Hall–Kier alpha value is -1.95. The molecule has 2 heterocycles. The Bertz CT molecular complexity index is 857. The zero-order chi connectivity index (χ0) is 19.9. The standard InChI is InChI=1S/C18H27N3O4Si/c1-11(9-19)15-13(25-26(6,7)18(3,4)5)8-14(24-15)21-10-12(2)16(22)20-17(21)23/h10,13-15H,1,8H2,2-7H3,(H,20,22,23)/t13-,14+,15+/m0/s1. The number of nitrogens with zero attached hydrogens (tertiary/aromatic N) is 2. The molecule has 0 radical (unpaired) electrons. The zero-order valence-electron chi connectivity index (χ0n) is 16.3. The smallest absolute Gasteiger partial charge is 0.330 e. The minimum absolute atomic E-state index is 0.00494. The number of nitrogens with one attached hydrogen (secondary N) is 1. The van der Waals surface area contributed by atoms with Gasteiger partial charge in [0.25, 0.3) is 5.56 Å². The average molecular weight is 378 g/mol. The molecule has 1 fully saturated rings.